The van der Waals surface area contributed by atoms with Crippen molar-refractivity contribution in [3.63, 3.8) is 0 Å². The summed E-state index contributed by atoms with van der Waals surface area (Å²) < 4.78 is 32.4. The van der Waals surface area contributed by atoms with Crippen molar-refractivity contribution in [2.75, 3.05) is 46.3 Å². The molecule has 1 aliphatic heterocycles. The summed E-state index contributed by atoms with van der Waals surface area (Å²) in [6, 6.07) is 5.46. The Hall–Kier alpha value is -3.29. The first-order chi connectivity index (χ1) is 16.6. The molecule has 0 spiro atoms. The fraction of sp³-hybridized carbons (Fsp3) is 0.481. The number of ether oxygens (including phenoxy) is 3. The van der Waals surface area contributed by atoms with Crippen molar-refractivity contribution >= 4 is 17.3 Å². The molecule has 2 aromatic carbocycles. The van der Waals surface area contributed by atoms with Crippen LogP contribution >= 0.6 is 0 Å². The summed E-state index contributed by atoms with van der Waals surface area (Å²) >= 11 is 0. The van der Waals surface area contributed by atoms with Gasteiger partial charge in [-0.25, -0.2) is 4.39 Å². The Morgan fingerprint density at radius 1 is 1.14 bits per heavy atom. The molecule has 0 saturated heterocycles. The van der Waals surface area contributed by atoms with E-state index < -0.39 is 5.82 Å². The second-order valence-corrected chi connectivity index (χ2v) is 9.35. The molecule has 0 radical (unpaired) electrons. The average molecular weight is 486 g/mol. The smallest absolute Gasteiger partial charge is 0.197 e. The Kier molecular flexibility index (Phi) is 7.93. The molecule has 0 bridgehead atoms. The van der Waals surface area contributed by atoms with Crippen LogP contribution in [0, 0.1) is 5.82 Å². The molecule has 190 valence electrons. The van der Waals surface area contributed by atoms with Gasteiger partial charge in [0.1, 0.15) is 11.6 Å². The molecule has 0 atom stereocenters. The van der Waals surface area contributed by atoms with Crippen molar-refractivity contribution in [2.24, 2.45) is 4.99 Å². The molecule has 0 saturated carbocycles. The maximum atomic E-state index is 15.6. The van der Waals surface area contributed by atoms with Crippen LogP contribution in [-0.2, 0) is 12.0 Å². The summed E-state index contributed by atoms with van der Waals surface area (Å²) in [4.78, 5) is 19.6. The van der Waals surface area contributed by atoms with Gasteiger partial charge >= 0.3 is 0 Å². The highest BCUT2D eigenvalue weighted by Gasteiger charge is 2.34. The number of halogens is 1. The number of rotatable bonds is 9. The van der Waals surface area contributed by atoms with E-state index in [2.05, 4.69) is 31.1 Å². The molecular weight excluding hydrogens is 449 g/mol. The van der Waals surface area contributed by atoms with Gasteiger partial charge in [0.2, 0.25) is 0 Å². The van der Waals surface area contributed by atoms with Crippen molar-refractivity contribution < 1.29 is 23.4 Å². The standard InChI is InChI=1S/C27H36FN3O4/c1-9-34-21-13-17-14-31(26(30-7)22(17)23(28)25(21)35-10-2)15-20(32)16-11-18(27(3,4)5)24(33-8)19(12-16)29-6/h11-13,29H,9-10,14-15H2,1-8H3. The van der Waals surface area contributed by atoms with E-state index in [0.717, 1.165) is 17.0 Å². The van der Waals surface area contributed by atoms with E-state index >= 15 is 4.39 Å². The molecule has 0 aromatic heterocycles. The van der Waals surface area contributed by atoms with Crippen LogP contribution in [0.25, 0.3) is 0 Å². The van der Waals surface area contributed by atoms with E-state index in [9.17, 15) is 4.79 Å². The van der Waals surface area contributed by atoms with Crippen LogP contribution in [-0.4, -0.2) is 57.5 Å². The first-order valence-electron chi connectivity index (χ1n) is 11.9. The summed E-state index contributed by atoms with van der Waals surface area (Å²) in [6.45, 7) is 10.9. The molecule has 3 rings (SSSR count). The zero-order valence-electron chi connectivity index (χ0n) is 22.0. The zero-order valence-corrected chi connectivity index (χ0v) is 22.0. The van der Waals surface area contributed by atoms with Crippen LogP contribution in [0.4, 0.5) is 10.1 Å². The maximum absolute atomic E-state index is 15.6. The third kappa shape index (κ3) is 5.06. The van der Waals surface area contributed by atoms with E-state index in [1.54, 1.807) is 45.2 Å². The Balaban J connectivity index is 1.99. The number of nitrogens with zero attached hydrogens (tertiary/aromatic N) is 2. The highest BCUT2D eigenvalue weighted by Crippen LogP contribution is 2.40. The molecule has 2 aromatic rings. The molecule has 1 heterocycles. The Morgan fingerprint density at radius 2 is 1.83 bits per heavy atom. The van der Waals surface area contributed by atoms with Crippen LogP contribution in [0.5, 0.6) is 17.2 Å². The summed E-state index contributed by atoms with van der Waals surface area (Å²) in [5, 5.41) is 3.13. The summed E-state index contributed by atoms with van der Waals surface area (Å²) in [7, 11) is 5.02. The van der Waals surface area contributed by atoms with Gasteiger partial charge in [-0.2, -0.15) is 0 Å². The molecule has 0 fully saturated rings. The Morgan fingerprint density at radius 3 is 2.37 bits per heavy atom. The van der Waals surface area contributed by atoms with Crippen molar-refractivity contribution in [3.8, 4) is 17.2 Å². The van der Waals surface area contributed by atoms with Crippen LogP contribution in [0.3, 0.4) is 0 Å². The number of fused-ring (bicyclic) bond motifs is 1. The lowest BCUT2D eigenvalue weighted by Crippen LogP contribution is -2.31. The second kappa shape index (κ2) is 10.5. The molecule has 0 unspecified atom stereocenters. The number of nitrogens with one attached hydrogen (secondary N) is 1. The molecule has 0 amide bonds. The molecule has 1 aliphatic rings. The summed E-state index contributed by atoms with van der Waals surface area (Å²) in [5.74, 6) is 0.964. The molecule has 7 nitrogen and oxygen atoms in total. The number of hydrogen-bond acceptors (Lipinski definition) is 6. The van der Waals surface area contributed by atoms with Gasteiger partial charge in [0.05, 0.1) is 38.1 Å². The second-order valence-electron chi connectivity index (χ2n) is 9.35. The minimum Gasteiger partial charge on any atom is -0.494 e. The van der Waals surface area contributed by atoms with E-state index in [4.69, 9.17) is 14.2 Å². The lowest BCUT2D eigenvalue weighted by molar-refractivity contribution is 0.0962. The first kappa shape index (κ1) is 26.3. The Labute approximate surface area is 207 Å². The van der Waals surface area contributed by atoms with Gasteiger partial charge in [-0.1, -0.05) is 20.8 Å². The van der Waals surface area contributed by atoms with Gasteiger partial charge in [-0.15, -0.1) is 0 Å². The van der Waals surface area contributed by atoms with Crippen molar-refractivity contribution in [1.29, 1.82) is 0 Å². The third-order valence-corrected chi connectivity index (χ3v) is 5.98. The van der Waals surface area contributed by atoms with Crippen molar-refractivity contribution in [3.05, 3.63) is 46.3 Å². The minimum atomic E-state index is -0.514. The molecular formula is C27H36FN3O4. The zero-order chi connectivity index (χ0) is 25.9. The fourth-order valence-electron chi connectivity index (χ4n) is 4.41. The van der Waals surface area contributed by atoms with E-state index in [1.807, 2.05) is 13.0 Å². The van der Waals surface area contributed by atoms with E-state index in [0.29, 0.717) is 48.0 Å². The molecule has 1 N–H and O–H groups in total. The summed E-state index contributed by atoms with van der Waals surface area (Å²) in [6.07, 6.45) is 0. The van der Waals surface area contributed by atoms with E-state index in [-0.39, 0.29) is 23.5 Å². The minimum absolute atomic E-state index is 0.0494. The number of anilines is 1. The number of carbonyl (C=O) groups is 1. The first-order valence-corrected chi connectivity index (χ1v) is 11.9. The van der Waals surface area contributed by atoms with Gasteiger partial charge in [-0.3, -0.25) is 9.79 Å². The number of hydrogen-bond donors (Lipinski definition) is 1. The fourth-order valence-corrected chi connectivity index (χ4v) is 4.41. The maximum Gasteiger partial charge on any atom is 0.197 e. The number of carbonyl (C=O) groups excluding carboxylic acids is 1. The third-order valence-electron chi connectivity index (χ3n) is 5.98. The van der Waals surface area contributed by atoms with Gasteiger partial charge in [0, 0.05) is 31.8 Å². The quantitative estimate of drug-likeness (QED) is 0.502. The predicted molar refractivity (Wildman–Crippen MR) is 137 cm³/mol. The molecule has 0 aliphatic carbocycles. The highest BCUT2D eigenvalue weighted by atomic mass is 19.1. The van der Waals surface area contributed by atoms with Crippen LogP contribution in [0.1, 0.15) is 61.7 Å². The predicted octanol–water partition coefficient (Wildman–Crippen LogP) is 5.05. The molecule has 8 heteroatoms. The summed E-state index contributed by atoms with van der Waals surface area (Å²) in [5.41, 5.74) is 3.06. The Bertz CT molecular complexity index is 1140. The van der Waals surface area contributed by atoms with E-state index in [1.165, 1.54) is 0 Å². The van der Waals surface area contributed by atoms with Gasteiger partial charge in [-0.05, 0) is 43.0 Å². The lowest BCUT2D eigenvalue weighted by Gasteiger charge is -2.25. The largest absolute Gasteiger partial charge is 0.494 e. The van der Waals surface area contributed by atoms with Crippen LogP contribution in [0.2, 0.25) is 0 Å². The SMILES string of the molecule is CCOc1cc2c(c(F)c1OCC)C(=NC)N(CC(=O)c1cc(NC)c(OC)c(C(C)(C)C)c1)C2. The van der Waals surface area contributed by atoms with Gasteiger partial charge in [0.15, 0.2) is 23.1 Å². The number of ketones is 1. The number of benzene rings is 2. The highest BCUT2D eigenvalue weighted by molar-refractivity contribution is 6.07. The van der Waals surface area contributed by atoms with Crippen molar-refractivity contribution in [1.82, 2.24) is 4.90 Å². The van der Waals surface area contributed by atoms with Gasteiger partial charge in [0.25, 0.3) is 0 Å². The monoisotopic (exact) mass is 485 g/mol. The number of Topliss-reactive ketones (excluding diaryl/α,β-unsaturated/α-hetero) is 1. The molecule has 35 heavy (non-hydrogen) atoms. The lowest BCUT2D eigenvalue weighted by atomic mass is 9.84. The average Bonchev–Trinajstić information content (AvgIpc) is 3.16. The topological polar surface area (TPSA) is 72.4 Å². The number of aliphatic imine (C=N–C) groups is 1. The van der Waals surface area contributed by atoms with Crippen LogP contribution < -0.4 is 19.5 Å². The van der Waals surface area contributed by atoms with Crippen molar-refractivity contribution in [2.45, 2.75) is 46.6 Å². The number of amidine groups is 1. The van der Waals surface area contributed by atoms with Crippen LogP contribution in [0.15, 0.2) is 23.2 Å². The van der Waals surface area contributed by atoms with Gasteiger partial charge < -0.3 is 24.4 Å². The number of methoxy groups -OCH3 is 1. The normalized spacial score (nSPS) is 14.2.